The molecular weight excluding hydrogens is 244 g/mol. The molecule has 0 aromatic heterocycles. The van der Waals surface area contributed by atoms with Crippen molar-refractivity contribution in [3.8, 4) is 0 Å². The number of nitrogens with one attached hydrogen (secondary N) is 1. The predicted octanol–water partition coefficient (Wildman–Crippen LogP) is -0.996. The van der Waals surface area contributed by atoms with E-state index in [1.54, 1.807) is 7.05 Å². The molecule has 0 aromatic carbocycles. The highest BCUT2D eigenvalue weighted by atomic mass is 16.2. The van der Waals surface area contributed by atoms with Crippen LogP contribution in [0.4, 0.5) is 0 Å². The Labute approximate surface area is 114 Å². The van der Waals surface area contributed by atoms with Gasteiger partial charge in [-0.1, -0.05) is 0 Å². The molecule has 1 aliphatic heterocycles. The lowest BCUT2D eigenvalue weighted by molar-refractivity contribution is -0.133. The van der Waals surface area contributed by atoms with Gasteiger partial charge in [0.1, 0.15) is 0 Å². The molecule has 2 rings (SSSR count). The van der Waals surface area contributed by atoms with Crippen LogP contribution in [0.2, 0.25) is 0 Å². The van der Waals surface area contributed by atoms with Gasteiger partial charge in [-0.05, 0) is 18.8 Å². The van der Waals surface area contributed by atoms with Crippen molar-refractivity contribution in [2.24, 2.45) is 11.7 Å². The molecule has 108 valence electrons. The van der Waals surface area contributed by atoms with Crippen LogP contribution in [0, 0.1) is 5.92 Å². The van der Waals surface area contributed by atoms with Crippen molar-refractivity contribution in [1.29, 1.82) is 0 Å². The fourth-order valence-corrected chi connectivity index (χ4v) is 2.46. The van der Waals surface area contributed by atoms with Gasteiger partial charge in [0.15, 0.2) is 0 Å². The largest absolute Gasteiger partial charge is 0.358 e. The van der Waals surface area contributed by atoms with Crippen LogP contribution in [0.15, 0.2) is 0 Å². The van der Waals surface area contributed by atoms with E-state index in [0.717, 1.165) is 13.1 Å². The molecule has 1 saturated heterocycles. The van der Waals surface area contributed by atoms with Crippen molar-refractivity contribution in [3.05, 3.63) is 0 Å². The van der Waals surface area contributed by atoms with Gasteiger partial charge in [-0.15, -0.1) is 0 Å². The number of hydrogen-bond acceptors (Lipinski definition) is 4. The molecule has 1 heterocycles. The van der Waals surface area contributed by atoms with Gasteiger partial charge in [0.2, 0.25) is 11.8 Å². The topological polar surface area (TPSA) is 78.7 Å². The SMILES string of the molecule is CNC(=O)CN1CCN(C(=O)CC(N)C2CC2)CC1. The summed E-state index contributed by atoms with van der Waals surface area (Å²) in [5.41, 5.74) is 5.99. The standard InChI is InChI=1S/C13H24N4O2/c1-15-12(18)9-16-4-6-17(7-5-16)13(19)8-11(14)10-2-3-10/h10-11H,2-9,14H2,1H3,(H,15,18). The van der Waals surface area contributed by atoms with Crippen LogP contribution in [-0.2, 0) is 9.59 Å². The normalized spacial score (nSPS) is 22.1. The van der Waals surface area contributed by atoms with Crippen molar-refractivity contribution in [1.82, 2.24) is 15.1 Å². The lowest BCUT2D eigenvalue weighted by Crippen LogP contribution is -2.51. The molecule has 1 saturated carbocycles. The lowest BCUT2D eigenvalue weighted by atomic mass is 10.1. The number of carbonyl (C=O) groups excluding carboxylic acids is 2. The van der Waals surface area contributed by atoms with E-state index in [9.17, 15) is 9.59 Å². The molecule has 1 atom stereocenters. The van der Waals surface area contributed by atoms with E-state index in [4.69, 9.17) is 5.73 Å². The molecule has 2 fully saturated rings. The van der Waals surface area contributed by atoms with Gasteiger partial charge >= 0.3 is 0 Å². The zero-order valence-electron chi connectivity index (χ0n) is 11.6. The molecule has 2 aliphatic rings. The summed E-state index contributed by atoms with van der Waals surface area (Å²) >= 11 is 0. The summed E-state index contributed by atoms with van der Waals surface area (Å²) in [6, 6.07) is 0.0383. The van der Waals surface area contributed by atoms with Gasteiger partial charge in [-0.3, -0.25) is 14.5 Å². The molecular formula is C13H24N4O2. The van der Waals surface area contributed by atoms with Crippen LogP contribution in [0.3, 0.4) is 0 Å². The molecule has 0 aromatic rings. The van der Waals surface area contributed by atoms with E-state index in [0.29, 0.717) is 32.0 Å². The number of nitrogens with two attached hydrogens (primary N) is 1. The molecule has 19 heavy (non-hydrogen) atoms. The minimum Gasteiger partial charge on any atom is -0.358 e. The number of likely N-dealkylation sites (N-methyl/N-ethyl adjacent to an activating group) is 1. The van der Waals surface area contributed by atoms with E-state index in [1.165, 1.54) is 12.8 Å². The van der Waals surface area contributed by atoms with Gasteiger partial charge in [-0.2, -0.15) is 0 Å². The van der Waals surface area contributed by atoms with Crippen LogP contribution in [-0.4, -0.2) is 67.4 Å². The summed E-state index contributed by atoms with van der Waals surface area (Å²) < 4.78 is 0. The number of carbonyl (C=O) groups is 2. The maximum Gasteiger partial charge on any atom is 0.233 e. The first-order chi connectivity index (χ1) is 9.10. The van der Waals surface area contributed by atoms with Gasteiger partial charge in [0, 0.05) is 45.7 Å². The van der Waals surface area contributed by atoms with Crippen molar-refractivity contribution >= 4 is 11.8 Å². The van der Waals surface area contributed by atoms with E-state index >= 15 is 0 Å². The molecule has 0 radical (unpaired) electrons. The van der Waals surface area contributed by atoms with Crippen LogP contribution >= 0.6 is 0 Å². The Kier molecular flexibility index (Phi) is 4.76. The second kappa shape index (κ2) is 6.34. The highest BCUT2D eigenvalue weighted by molar-refractivity contribution is 5.78. The maximum atomic E-state index is 12.1. The highest BCUT2D eigenvalue weighted by Crippen LogP contribution is 2.33. The van der Waals surface area contributed by atoms with Crippen LogP contribution < -0.4 is 11.1 Å². The van der Waals surface area contributed by atoms with Crippen LogP contribution in [0.1, 0.15) is 19.3 Å². The molecule has 0 bridgehead atoms. The highest BCUT2D eigenvalue weighted by Gasteiger charge is 2.31. The fourth-order valence-electron chi connectivity index (χ4n) is 2.46. The molecule has 1 unspecified atom stereocenters. The van der Waals surface area contributed by atoms with Gasteiger partial charge in [0.05, 0.1) is 6.54 Å². The fraction of sp³-hybridized carbons (Fsp3) is 0.846. The first-order valence-corrected chi connectivity index (χ1v) is 7.06. The van der Waals surface area contributed by atoms with Crippen LogP contribution in [0.25, 0.3) is 0 Å². The summed E-state index contributed by atoms with van der Waals surface area (Å²) in [5, 5.41) is 2.61. The first kappa shape index (κ1) is 14.3. The molecule has 3 N–H and O–H groups in total. The Bertz CT molecular complexity index is 336. The summed E-state index contributed by atoms with van der Waals surface area (Å²) in [6.07, 6.45) is 2.82. The van der Waals surface area contributed by atoms with E-state index < -0.39 is 0 Å². The Morgan fingerprint density at radius 3 is 2.42 bits per heavy atom. The van der Waals surface area contributed by atoms with Crippen molar-refractivity contribution in [2.75, 3.05) is 39.8 Å². The molecule has 2 amide bonds. The number of piperazine rings is 1. The monoisotopic (exact) mass is 268 g/mol. The molecule has 6 nitrogen and oxygen atoms in total. The first-order valence-electron chi connectivity index (χ1n) is 7.06. The number of rotatable bonds is 5. The second-order valence-electron chi connectivity index (χ2n) is 5.54. The minimum atomic E-state index is 0.0236. The van der Waals surface area contributed by atoms with Crippen molar-refractivity contribution in [2.45, 2.75) is 25.3 Å². The van der Waals surface area contributed by atoms with E-state index in [1.807, 2.05) is 4.90 Å². The average Bonchev–Trinajstić information content (AvgIpc) is 3.23. The smallest absolute Gasteiger partial charge is 0.233 e. The zero-order chi connectivity index (χ0) is 13.8. The Morgan fingerprint density at radius 1 is 1.26 bits per heavy atom. The van der Waals surface area contributed by atoms with Crippen molar-refractivity contribution in [3.63, 3.8) is 0 Å². The minimum absolute atomic E-state index is 0.0236. The number of hydrogen-bond donors (Lipinski definition) is 2. The summed E-state index contributed by atoms with van der Waals surface area (Å²) in [5.74, 6) is 0.757. The average molecular weight is 268 g/mol. The van der Waals surface area contributed by atoms with Gasteiger partial charge < -0.3 is 16.0 Å². The lowest BCUT2D eigenvalue weighted by Gasteiger charge is -2.34. The second-order valence-corrected chi connectivity index (χ2v) is 5.54. The van der Waals surface area contributed by atoms with Gasteiger partial charge in [-0.25, -0.2) is 0 Å². The van der Waals surface area contributed by atoms with Crippen molar-refractivity contribution < 1.29 is 9.59 Å². The third kappa shape index (κ3) is 4.18. The maximum absolute atomic E-state index is 12.1. The summed E-state index contributed by atoms with van der Waals surface area (Å²) in [4.78, 5) is 27.3. The Hall–Kier alpha value is -1.14. The zero-order valence-corrected chi connectivity index (χ0v) is 11.6. The summed E-state index contributed by atoms with van der Waals surface area (Å²) in [7, 11) is 1.64. The Morgan fingerprint density at radius 2 is 1.89 bits per heavy atom. The summed E-state index contributed by atoms with van der Waals surface area (Å²) in [6.45, 7) is 3.34. The molecule has 0 spiro atoms. The molecule has 1 aliphatic carbocycles. The quantitative estimate of drug-likeness (QED) is 0.671. The third-order valence-corrected chi connectivity index (χ3v) is 4.01. The molecule has 6 heteroatoms. The predicted molar refractivity (Wildman–Crippen MR) is 72.4 cm³/mol. The van der Waals surface area contributed by atoms with E-state index in [-0.39, 0.29) is 17.9 Å². The number of amides is 2. The van der Waals surface area contributed by atoms with Crippen LogP contribution in [0.5, 0.6) is 0 Å². The third-order valence-electron chi connectivity index (χ3n) is 4.01. The number of nitrogens with zero attached hydrogens (tertiary/aromatic N) is 2. The van der Waals surface area contributed by atoms with E-state index in [2.05, 4.69) is 10.2 Å². The Balaban J connectivity index is 1.69. The van der Waals surface area contributed by atoms with Gasteiger partial charge in [0.25, 0.3) is 0 Å².